The minimum Gasteiger partial charge on any atom is -0.467 e. The number of halogens is 2. The number of ether oxygens (including phenoxy) is 2. The van der Waals surface area contributed by atoms with Crippen LogP contribution in [0.25, 0.3) is 0 Å². The van der Waals surface area contributed by atoms with Gasteiger partial charge in [-0.3, -0.25) is 9.69 Å². The van der Waals surface area contributed by atoms with Crippen LogP contribution in [0.3, 0.4) is 0 Å². The Kier molecular flexibility index (Phi) is 7.84. The lowest BCUT2D eigenvalue weighted by atomic mass is 9.86. The molecule has 3 rings (SSSR count). The van der Waals surface area contributed by atoms with E-state index in [2.05, 4.69) is 0 Å². The predicted molar refractivity (Wildman–Crippen MR) is 118 cm³/mol. The van der Waals surface area contributed by atoms with Crippen LogP contribution in [-0.2, 0) is 32.2 Å². The summed E-state index contributed by atoms with van der Waals surface area (Å²) in [6, 6.07) is 3.92. The maximum absolute atomic E-state index is 12.9. The highest BCUT2D eigenvalue weighted by Gasteiger charge is 2.45. The van der Waals surface area contributed by atoms with Crippen LogP contribution in [0.15, 0.2) is 18.2 Å². The Morgan fingerprint density at radius 2 is 1.90 bits per heavy atom. The summed E-state index contributed by atoms with van der Waals surface area (Å²) in [5.74, 6) is -0.917. The first kappa shape index (κ1) is 25.2. The number of amides is 2. The number of hydrogen-bond donors (Lipinski definition) is 1. The summed E-state index contributed by atoms with van der Waals surface area (Å²) in [6.45, 7) is 6.42. The first-order valence-corrected chi connectivity index (χ1v) is 10.3. The van der Waals surface area contributed by atoms with Gasteiger partial charge in [-0.25, -0.2) is 9.59 Å². The summed E-state index contributed by atoms with van der Waals surface area (Å²) in [4.78, 5) is 40.8. The molecular weight excluding hydrogens is 445 g/mol. The number of nitrogens with zero attached hydrogens (tertiary/aromatic N) is 2. The number of carbonyl (C=O) groups is 3. The van der Waals surface area contributed by atoms with Crippen molar-refractivity contribution < 1.29 is 23.9 Å². The van der Waals surface area contributed by atoms with Gasteiger partial charge in [0, 0.05) is 18.0 Å². The molecule has 0 radical (unpaired) electrons. The molecule has 0 bridgehead atoms. The van der Waals surface area contributed by atoms with Crippen LogP contribution in [0.1, 0.15) is 38.3 Å². The topological polar surface area (TPSA) is 102 Å². The van der Waals surface area contributed by atoms with Gasteiger partial charge in [0.25, 0.3) is 0 Å². The second kappa shape index (κ2) is 9.63. The molecule has 2 N–H and O–H groups in total. The summed E-state index contributed by atoms with van der Waals surface area (Å²) < 4.78 is 10.5. The van der Waals surface area contributed by atoms with Gasteiger partial charge in [0.2, 0.25) is 5.91 Å². The Hall–Kier alpha value is -2.03. The van der Waals surface area contributed by atoms with Crippen LogP contribution in [0.2, 0.25) is 5.02 Å². The number of benzene rings is 1. The van der Waals surface area contributed by atoms with Crippen molar-refractivity contribution in [3.8, 4) is 0 Å². The van der Waals surface area contributed by atoms with Crippen LogP contribution >= 0.6 is 24.0 Å². The van der Waals surface area contributed by atoms with Crippen molar-refractivity contribution >= 4 is 42.0 Å². The fraction of sp³-hybridized carbons (Fsp3) is 0.571. The number of hydrogen-bond acceptors (Lipinski definition) is 6. The van der Waals surface area contributed by atoms with Crippen LogP contribution < -0.4 is 5.73 Å². The molecule has 1 fully saturated rings. The van der Waals surface area contributed by atoms with Gasteiger partial charge >= 0.3 is 12.1 Å². The lowest BCUT2D eigenvalue weighted by Crippen LogP contribution is -2.53. The highest BCUT2D eigenvalue weighted by atomic mass is 35.5. The average Bonchev–Trinajstić information content (AvgIpc) is 3.30. The van der Waals surface area contributed by atoms with Crippen molar-refractivity contribution in [3.05, 3.63) is 34.3 Å². The third kappa shape index (κ3) is 5.25. The third-order valence-corrected chi connectivity index (χ3v) is 6.02. The van der Waals surface area contributed by atoms with Gasteiger partial charge < -0.3 is 20.1 Å². The zero-order valence-electron chi connectivity index (χ0n) is 18.1. The highest BCUT2D eigenvalue weighted by Crippen LogP contribution is 2.31. The monoisotopic (exact) mass is 473 g/mol. The Morgan fingerprint density at radius 3 is 2.48 bits per heavy atom. The van der Waals surface area contributed by atoms with E-state index >= 15 is 0 Å². The number of likely N-dealkylation sites (tertiary alicyclic amines) is 1. The Labute approximate surface area is 193 Å². The van der Waals surface area contributed by atoms with E-state index in [9.17, 15) is 14.4 Å². The standard InChI is InChI=1S/C21H28ClN3O5.ClH/c1-21(2,3)17(23)18(26)25-10-13(8-16(25)19(27)29-4)30-20(28)24-9-12-6-5-7-15(22)14(12)11-24;/h5-7,13,16-17H,8-11,23H2,1-4H3;1H. The first-order valence-electron chi connectivity index (χ1n) is 9.88. The van der Waals surface area contributed by atoms with Gasteiger partial charge in [0.05, 0.1) is 26.2 Å². The molecule has 1 saturated heterocycles. The zero-order chi connectivity index (χ0) is 22.2. The fourth-order valence-electron chi connectivity index (χ4n) is 3.76. The van der Waals surface area contributed by atoms with Gasteiger partial charge in [-0.05, 0) is 22.6 Å². The molecule has 1 aromatic carbocycles. The first-order chi connectivity index (χ1) is 14.0. The summed E-state index contributed by atoms with van der Waals surface area (Å²) in [6.07, 6.45) is -0.968. The minimum absolute atomic E-state index is 0. The normalized spacial score (nSPS) is 21.2. The Balaban J connectivity index is 0.00000341. The minimum atomic E-state index is -0.834. The highest BCUT2D eigenvalue weighted by molar-refractivity contribution is 6.31. The molecule has 0 aliphatic carbocycles. The number of esters is 1. The fourth-order valence-corrected chi connectivity index (χ4v) is 4.02. The molecule has 8 nitrogen and oxygen atoms in total. The maximum Gasteiger partial charge on any atom is 0.410 e. The molecule has 2 aliphatic rings. The molecule has 2 amide bonds. The number of nitrogens with two attached hydrogens (primary N) is 1. The van der Waals surface area contributed by atoms with Crippen molar-refractivity contribution in [2.24, 2.45) is 11.1 Å². The summed E-state index contributed by atoms with van der Waals surface area (Å²) in [5, 5.41) is 0.613. The van der Waals surface area contributed by atoms with Crippen molar-refractivity contribution in [1.82, 2.24) is 9.80 Å². The summed E-state index contributed by atoms with van der Waals surface area (Å²) in [7, 11) is 1.26. The number of methoxy groups -OCH3 is 1. The number of rotatable bonds is 3. The van der Waals surface area contributed by atoms with Crippen molar-refractivity contribution in [2.75, 3.05) is 13.7 Å². The van der Waals surface area contributed by atoms with E-state index in [0.29, 0.717) is 18.1 Å². The quantitative estimate of drug-likeness (QED) is 0.676. The smallest absolute Gasteiger partial charge is 0.410 e. The molecule has 10 heteroatoms. The Morgan fingerprint density at radius 1 is 1.23 bits per heavy atom. The molecule has 1 aromatic rings. The molecule has 3 atom stereocenters. The van der Waals surface area contributed by atoms with E-state index < -0.39 is 35.7 Å². The van der Waals surface area contributed by atoms with Crippen LogP contribution in [-0.4, -0.2) is 59.6 Å². The summed E-state index contributed by atoms with van der Waals surface area (Å²) in [5.41, 5.74) is 7.52. The van der Waals surface area contributed by atoms with E-state index in [0.717, 1.165) is 11.1 Å². The van der Waals surface area contributed by atoms with E-state index in [1.165, 1.54) is 12.0 Å². The molecule has 2 heterocycles. The van der Waals surface area contributed by atoms with Gasteiger partial charge in [-0.1, -0.05) is 44.5 Å². The molecule has 31 heavy (non-hydrogen) atoms. The van der Waals surface area contributed by atoms with E-state index in [-0.39, 0.29) is 31.3 Å². The third-order valence-electron chi connectivity index (χ3n) is 5.67. The van der Waals surface area contributed by atoms with Crippen LogP contribution in [0, 0.1) is 5.41 Å². The molecule has 3 unspecified atom stereocenters. The lowest BCUT2D eigenvalue weighted by Gasteiger charge is -2.32. The molecule has 0 aromatic heterocycles. The van der Waals surface area contributed by atoms with Crippen molar-refractivity contribution in [2.45, 2.75) is 58.5 Å². The van der Waals surface area contributed by atoms with Gasteiger partial charge in [-0.2, -0.15) is 0 Å². The van der Waals surface area contributed by atoms with Crippen LogP contribution in [0.4, 0.5) is 4.79 Å². The maximum atomic E-state index is 12.9. The lowest BCUT2D eigenvalue weighted by molar-refractivity contribution is -0.152. The van der Waals surface area contributed by atoms with E-state index in [1.54, 1.807) is 11.0 Å². The predicted octanol–water partition coefficient (Wildman–Crippen LogP) is 2.73. The van der Waals surface area contributed by atoms with Gasteiger partial charge in [0.1, 0.15) is 12.1 Å². The largest absolute Gasteiger partial charge is 0.467 e. The molecule has 0 saturated carbocycles. The van der Waals surface area contributed by atoms with Gasteiger partial charge in [0.15, 0.2) is 0 Å². The average molecular weight is 474 g/mol. The van der Waals surface area contributed by atoms with Crippen LogP contribution in [0.5, 0.6) is 0 Å². The number of fused-ring (bicyclic) bond motifs is 1. The van der Waals surface area contributed by atoms with Crippen molar-refractivity contribution in [3.63, 3.8) is 0 Å². The molecular formula is C21H29Cl2N3O5. The summed E-state index contributed by atoms with van der Waals surface area (Å²) >= 11 is 6.21. The Bertz CT molecular complexity index is 858. The molecule has 2 aliphatic heterocycles. The second-order valence-corrected chi connectivity index (χ2v) is 9.26. The van der Waals surface area contributed by atoms with Crippen molar-refractivity contribution in [1.29, 1.82) is 0 Å². The number of carbonyl (C=O) groups excluding carboxylic acids is 3. The van der Waals surface area contributed by atoms with E-state index in [1.807, 2.05) is 32.9 Å². The SMILES string of the molecule is COC(=O)C1CC(OC(=O)N2Cc3cccc(Cl)c3C2)CN1C(=O)C(N)C(C)(C)C.Cl. The second-order valence-electron chi connectivity index (χ2n) is 8.85. The van der Waals surface area contributed by atoms with Gasteiger partial charge in [-0.15, -0.1) is 12.4 Å². The van der Waals surface area contributed by atoms with E-state index in [4.69, 9.17) is 26.8 Å². The molecule has 172 valence electrons. The molecule has 0 spiro atoms. The zero-order valence-corrected chi connectivity index (χ0v) is 19.7.